The number of carbonyl (C=O) groups is 2. The molecule has 0 spiro atoms. The topological polar surface area (TPSA) is 84.0 Å². The van der Waals surface area contributed by atoms with Gasteiger partial charge in [0.25, 0.3) is 5.91 Å². The van der Waals surface area contributed by atoms with Gasteiger partial charge in [-0.2, -0.15) is 0 Å². The molecule has 37 heavy (non-hydrogen) atoms. The van der Waals surface area contributed by atoms with Crippen molar-refractivity contribution < 1.29 is 19.1 Å². The number of amides is 2. The number of para-hydroxylation sites is 1. The molecule has 1 saturated heterocycles. The molecule has 2 aromatic rings. The number of hydrogen-bond donors (Lipinski definition) is 1. The molecule has 8 heteroatoms. The van der Waals surface area contributed by atoms with Crippen LogP contribution in [0.25, 0.3) is 11.1 Å². The first kappa shape index (κ1) is 26.9. The van der Waals surface area contributed by atoms with E-state index in [0.29, 0.717) is 37.9 Å². The van der Waals surface area contributed by atoms with Gasteiger partial charge in [-0.05, 0) is 88.7 Å². The zero-order valence-corrected chi connectivity index (χ0v) is 22.5. The molecule has 1 unspecified atom stereocenters. The van der Waals surface area contributed by atoms with Crippen LogP contribution in [0.3, 0.4) is 0 Å². The smallest absolute Gasteiger partial charge is 0.410 e. The number of pyridine rings is 1. The fraction of sp³-hybridized carbons (Fsp3) is 0.552. The lowest BCUT2D eigenvalue weighted by Gasteiger charge is -2.38. The Morgan fingerprint density at radius 3 is 2.65 bits per heavy atom. The van der Waals surface area contributed by atoms with Gasteiger partial charge in [0, 0.05) is 38.4 Å². The Morgan fingerprint density at radius 2 is 1.89 bits per heavy atom. The molecule has 0 saturated carbocycles. The third-order valence-corrected chi connectivity index (χ3v) is 7.05. The van der Waals surface area contributed by atoms with Gasteiger partial charge in [-0.25, -0.2) is 4.79 Å². The lowest BCUT2D eigenvalue weighted by Crippen LogP contribution is -2.46. The van der Waals surface area contributed by atoms with E-state index in [1.807, 2.05) is 64.2 Å². The Bertz CT molecular complexity index is 1080. The predicted octanol–water partition coefficient (Wildman–Crippen LogP) is 4.46. The predicted molar refractivity (Wildman–Crippen MR) is 144 cm³/mol. The van der Waals surface area contributed by atoms with Crippen molar-refractivity contribution in [1.82, 2.24) is 20.1 Å². The molecule has 4 rings (SSSR count). The molecule has 1 fully saturated rings. The summed E-state index contributed by atoms with van der Waals surface area (Å²) >= 11 is 0. The van der Waals surface area contributed by atoms with Crippen molar-refractivity contribution in [3.63, 3.8) is 0 Å². The van der Waals surface area contributed by atoms with Gasteiger partial charge in [0.05, 0.1) is 6.61 Å². The summed E-state index contributed by atoms with van der Waals surface area (Å²) in [6.45, 7) is 9.89. The molecule has 1 aromatic carbocycles. The van der Waals surface area contributed by atoms with Crippen molar-refractivity contribution in [2.45, 2.75) is 45.6 Å². The summed E-state index contributed by atoms with van der Waals surface area (Å²) in [6.07, 6.45) is 4.11. The number of nitrogens with zero attached hydrogens (tertiary/aromatic N) is 3. The van der Waals surface area contributed by atoms with Crippen LogP contribution in [-0.4, -0.2) is 78.8 Å². The minimum atomic E-state index is -0.499. The van der Waals surface area contributed by atoms with Crippen molar-refractivity contribution in [2.75, 3.05) is 46.4 Å². The molecule has 3 heterocycles. The number of likely N-dealkylation sites (tertiary alicyclic amines) is 1. The second-order valence-electron chi connectivity index (χ2n) is 11.1. The van der Waals surface area contributed by atoms with Crippen LogP contribution >= 0.6 is 0 Å². The van der Waals surface area contributed by atoms with E-state index in [0.717, 1.165) is 49.2 Å². The highest BCUT2D eigenvalue weighted by Crippen LogP contribution is 2.31. The van der Waals surface area contributed by atoms with Gasteiger partial charge in [-0.1, -0.05) is 18.2 Å². The first-order chi connectivity index (χ1) is 17.7. The van der Waals surface area contributed by atoms with E-state index in [-0.39, 0.29) is 17.9 Å². The summed E-state index contributed by atoms with van der Waals surface area (Å²) in [5.74, 6) is 1.38. The minimum Gasteiger partial charge on any atom is -0.493 e. The summed E-state index contributed by atoms with van der Waals surface area (Å²) in [4.78, 5) is 33.9. The van der Waals surface area contributed by atoms with E-state index in [2.05, 4.69) is 10.3 Å². The maximum atomic E-state index is 13.4. The van der Waals surface area contributed by atoms with Crippen LogP contribution in [0.2, 0.25) is 0 Å². The monoisotopic (exact) mass is 508 g/mol. The largest absolute Gasteiger partial charge is 0.493 e. The Kier molecular flexibility index (Phi) is 8.69. The van der Waals surface area contributed by atoms with Gasteiger partial charge in [0.1, 0.15) is 17.0 Å². The molecule has 2 aliphatic rings. The molecule has 0 radical (unpaired) electrons. The van der Waals surface area contributed by atoms with Crippen molar-refractivity contribution >= 4 is 12.0 Å². The van der Waals surface area contributed by atoms with Crippen LogP contribution in [0.1, 0.15) is 50.5 Å². The summed E-state index contributed by atoms with van der Waals surface area (Å²) < 4.78 is 11.7. The van der Waals surface area contributed by atoms with E-state index in [9.17, 15) is 9.59 Å². The third-order valence-electron chi connectivity index (χ3n) is 7.05. The Hall–Kier alpha value is -3.13. The lowest BCUT2D eigenvalue weighted by atomic mass is 9.83. The van der Waals surface area contributed by atoms with Crippen LogP contribution in [-0.2, 0) is 4.74 Å². The fourth-order valence-corrected chi connectivity index (χ4v) is 5.10. The zero-order chi connectivity index (χ0) is 26.4. The van der Waals surface area contributed by atoms with Gasteiger partial charge in [-0.3, -0.25) is 9.78 Å². The van der Waals surface area contributed by atoms with Gasteiger partial charge < -0.3 is 24.6 Å². The Labute approximate surface area is 220 Å². The van der Waals surface area contributed by atoms with E-state index < -0.39 is 5.60 Å². The van der Waals surface area contributed by atoms with Gasteiger partial charge >= 0.3 is 6.09 Å². The Balaban J connectivity index is 1.48. The molecule has 2 bridgehead atoms. The van der Waals surface area contributed by atoms with E-state index >= 15 is 0 Å². The average Bonchev–Trinajstić information content (AvgIpc) is 2.88. The quantitative estimate of drug-likeness (QED) is 0.613. The lowest BCUT2D eigenvalue weighted by molar-refractivity contribution is 0.0152. The molecule has 1 aromatic heterocycles. The van der Waals surface area contributed by atoms with Crippen molar-refractivity contribution in [2.24, 2.45) is 11.8 Å². The zero-order valence-electron chi connectivity index (χ0n) is 22.5. The third kappa shape index (κ3) is 7.22. The average molecular weight is 509 g/mol. The number of piperidine rings is 1. The van der Waals surface area contributed by atoms with E-state index in [1.165, 1.54) is 0 Å². The van der Waals surface area contributed by atoms with Crippen molar-refractivity contribution in [3.05, 3.63) is 48.3 Å². The normalized spacial score (nSPS) is 20.3. The maximum absolute atomic E-state index is 13.4. The highest BCUT2D eigenvalue weighted by molar-refractivity contribution is 5.93. The molecule has 0 aliphatic carbocycles. The number of aromatic nitrogens is 1. The number of nitrogens with one attached hydrogen (secondary N) is 1. The highest BCUT2D eigenvalue weighted by atomic mass is 16.6. The van der Waals surface area contributed by atoms with Crippen LogP contribution in [0, 0.1) is 11.8 Å². The molecular weight excluding hydrogens is 468 g/mol. The fourth-order valence-electron chi connectivity index (χ4n) is 5.10. The van der Waals surface area contributed by atoms with E-state index in [1.54, 1.807) is 16.0 Å². The van der Waals surface area contributed by atoms with Crippen molar-refractivity contribution in [3.8, 4) is 16.9 Å². The van der Waals surface area contributed by atoms with Crippen LogP contribution in [0.5, 0.6) is 5.75 Å². The molecule has 8 nitrogen and oxygen atoms in total. The summed E-state index contributed by atoms with van der Waals surface area (Å²) in [6, 6.07) is 11.7. The van der Waals surface area contributed by atoms with Crippen LogP contribution in [0.4, 0.5) is 4.79 Å². The number of fused-ring (bicyclic) bond motifs is 4. The Morgan fingerprint density at radius 1 is 1.14 bits per heavy atom. The van der Waals surface area contributed by atoms with Gasteiger partial charge in [0.15, 0.2) is 0 Å². The standard InChI is InChI=1S/C29H40N4O4/c1-29(2,3)37-28(35)33-15-11-21(12-16-33)23-19-30-13-7-17-36-26-9-6-5-8-24(26)22-10-14-31-25(18-22)27(34)32(4)20-23/h5-6,8-10,14,18,21,23,30H,7,11-13,15-17,19-20H2,1-4H3. The SMILES string of the molecule is CN1CC(C2CCN(C(=O)OC(C)(C)C)CC2)CNCCCOc2ccccc2-c2ccnc(c2)C1=O. The van der Waals surface area contributed by atoms with Crippen LogP contribution in [0.15, 0.2) is 42.6 Å². The first-order valence-corrected chi connectivity index (χ1v) is 13.3. The molecule has 1 atom stereocenters. The number of ether oxygens (including phenoxy) is 2. The van der Waals surface area contributed by atoms with Gasteiger partial charge in [-0.15, -0.1) is 0 Å². The maximum Gasteiger partial charge on any atom is 0.410 e. The van der Waals surface area contributed by atoms with E-state index in [4.69, 9.17) is 9.47 Å². The second-order valence-corrected chi connectivity index (χ2v) is 11.1. The molecule has 1 N–H and O–H groups in total. The van der Waals surface area contributed by atoms with Crippen LogP contribution < -0.4 is 10.1 Å². The molecule has 2 aliphatic heterocycles. The highest BCUT2D eigenvalue weighted by Gasteiger charge is 2.32. The summed E-state index contributed by atoms with van der Waals surface area (Å²) in [5.41, 5.74) is 1.80. The minimum absolute atomic E-state index is 0.0914. The number of rotatable bonds is 1. The number of benzene rings is 1. The van der Waals surface area contributed by atoms with Gasteiger partial charge in [0.2, 0.25) is 0 Å². The molecule has 2 amide bonds. The number of carbonyl (C=O) groups excluding carboxylic acids is 2. The molecular formula is C29H40N4O4. The summed E-state index contributed by atoms with van der Waals surface area (Å²) in [7, 11) is 1.86. The molecule has 200 valence electrons. The number of hydrogen-bond acceptors (Lipinski definition) is 6. The summed E-state index contributed by atoms with van der Waals surface area (Å²) in [5, 5.41) is 3.59. The second kappa shape index (κ2) is 11.9. The first-order valence-electron chi connectivity index (χ1n) is 13.3. The van der Waals surface area contributed by atoms with Crippen molar-refractivity contribution in [1.29, 1.82) is 0 Å².